The Morgan fingerprint density at radius 2 is 1.79 bits per heavy atom. The van der Waals surface area contributed by atoms with Crippen LogP contribution >= 0.6 is 11.6 Å². The van der Waals surface area contributed by atoms with E-state index in [1.807, 2.05) is 0 Å². The Morgan fingerprint density at radius 3 is 2.36 bits per heavy atom. The number of rotatable bonds is 5. The van der Waals surface area contributed by atoms with Crippen LogP contribution in [0.3, 0.4) is 0 Å². The summed E-state index contributed by atoms with van der Waals surface area (Å²) in [5, 5.41) is 4.60. The number of hydrogen-bond donors (Lipinski definition) is 1. The Bertz CT molecular complexity index is 1450. The van der Waals surface area contributed by atoms with Gasteiger partial charge in [-0.25, -0.2) is 4.39 Å². The van der Waals surface area contributed by atoms with Crippen LogP contribution in [0.15, 0.2) is 35.5 Å². The summed E-state index contributed by atoms with van der Waals surface area (Å²) in [7, 11) is 0. The number of nitrogens with zero attached hydrogens (tertiary/aromatic N) is 2. The molecule has 0 unspecified atom stereocenters. The minimum absolute atomic E-state index is 0.0298. The third-order valence-electron chi connectivity index (χ3n) is 6.70. The van der Waals surface area contributed by atoms with E-state index in [2.05, 4.69) is 15.3 Å². The first-order chi connectivity index (χ1) is 19.2. The Labute approximate surface area is 235 Å². The summed E-state index contributed by atoms with van der Waals surface area (Å²) >= 11 is 5.50. The Hall–Kier alpha value is -3.56. The lowest BCUT2D eigenvalue weighted by Gasteiger charge is -2.30. The van der Waals surface area contributed by atoms with Gasteiger partial charge in [-0.15, -0.1) is 0 Å². The molecule has 0 radical (unpaired) electrons. The van der Waals surface area contributed by atoms with Gasteiger partial charge in [0, 0.05) is 24.1 Å². The molecule has 2 aliphatic rings. The number of carbonyl (C=O) groups excluding carboxylic acids is 2. The quantitative estimate of drug-likeness (QED) is 0.394. The van der Waals surface area contributed by atoms with Crippen molar-refractivity contribution >= 4 is 29.1 Å². The lowest BCUT2D eigenvalue weighted by molar-refractivity contribution is -0.276. The number of oxime groups is 1. The van der Waals surface area contributed by atoms with Crippen LogP contribution in [0, 0.1) is 12.7 Å². The summed E-state index contributed by atoms with van der Waals surface area (Å²) in [6.45, 7) is -0.481. The molecule has 2 heterocycles. The maximum absolute atomic E-state index is 14.8. The second kappa shape index (κ2) is 10.6. The molecule has 0 aliphatic carbocycles. The number of benzene rings is 2. The van der Waals surface area contributed by atoms with Gasteiger partial charge in [0.05, 0.1) is 28.8 Å². The fraction of sp³-hybridized carbons (Fsp3) is 0.400. The Morgan fingerprint density at radius 1 is 1.12 bits per heavy atom. The number of amides is 2. The number of aryl methyl sites for hydroxylation is 1. The molecule has 2 aromatic rings. The van der Waals surface area contributed by atoms with Gasteiger partial charge in [0.1, 0.15) is 12.4 Å². The van der Waals surface area contributed by atoms with E-state index in [1.54, 1.807) is 0 Å². The van der Waals surface area contributed by atoms with Gasteiger partial charge < -0.3 is 15.1 Å². The van der Waals surface area contributed by atoms with Crippen molar-refractivity contribution in [3.63, 3.8) is 0 Å². The first-order valence-corrected chi connectivity index (χ1v) is 12.2. The number of halogens is 11. The van der Waals surface area contributed by atoms with Crippen LogP contribution in [0.4, 0.5) is 43.9 Å². The van der Waals surface area contributed by atoms with Crippen LogP contribution in [-0.4, -0.2) is 53.9 Å². The molecule has 2 aromatic carbocycles. The van der Waals surface area contributed by atoms with Crippen molar-refractivity contribution in [1.29, 1.82) is 0 Å². The highest BCUT2D eigenvalue weighted by Crippen LogP contribution is 2.51. The molecule has 17 heteroatoms. The highest BCUT2D eigenvalue weighted by atomic mass is 35.5. The van der Waals surface area contributed by atoms with Crippen molar-refractivity contribution < 1.29 is 58.3 Å². The van der Waals surface area contributed by atoms with E-state index in [0.29, 0.717) is 4.90 Å². The summed E-state index contributed by atoms with van der Waals surface area (Å²) < 4.78 is 135. The summed E-state index contributed by atoms with van der Waals surface area (Å²) in [6.07, 6.45) is -16.9. The van der Waals surface area contributed by atoms with Gasteiger partial charge in [0.15, 0.2) is 0 Å². The zero-order valence-electron chi connectivity index (χ0n) is 21.1. The highest BCUT2D eigenvalue weighted by molar-refractivity contribution is 6.30. The molecule has 42 heavy (non-hydrogen) atoms. The predicted molar refractivity (Wildman–Crippen MR) is 126 cm³/mol. The third-order valence-corrected chi connectivity index (χ3v) is 6.98. The predicted octanol–water partition coefficient (Wildman–Crippen LogP) is 6.28. The first-order valence-electron chi connectivity index (χ1n) is 11.9. The van der Waals surface area contributed by atoms with E-state index in [0.717, 1.165) is 6.07 Å². The molecule has 6 nitrogen and oxygen atoms in total. The molecule has 4 rings (SSSR count). The SMILES string of the molecule is Cc1cc(C2=NO[C@](c3cc(C(F)(F)F)cc(Cl)c3F)(C(F)(F)F)C2)ccc1C(=O)N[C@H]1CC(=O)N(CC(F)(F)F)C1. The largest absolute Gasteiger partial charge is 0.435 e. The van der Waals surface area contributed by atoms with Crippen LogP contribution in [0.2, 0.25) is 5.02 Å². The van der Waals surface area contributed by atoms with E-state index in [9.17, 15) is 53.5 Å². The molecule has 228 valence electrons. The smallest absolute Gasteiger partial charge is 0.374 e. The summed E-state index contributed by atoms with van der Waals surface area (Å²) in [5.41, 5.74) is -7.15. The molecule has 1 fully saturated rings. The maximum atomic E-state index is 14.8. The highest BCUT2D eigenvalue weighted by Gasteiger charge is 2.64. The van der Waals surface area contributed by atoms with Gasteiger partial charge in [0.2, 0.25) is 5.91 Å². The Balaban J connectivity index is 1.56. The van der Waals surface area contributed by atoms with E-state index in [4.69, 9.17) is 11.6 Å². The average molecular weight is 634 g/mol. The number of alkyl halides is 9. The van der Waals surface area contributed by atoms with Crippen molar-refractivity contribution in [1.82, 2.24) is 10.2 Å². The lowest BCUT2D eigenvalue weighted by atomic mass is 9.85. The fourth-order valence-corrected chi connectivity index (χ4v) is 4.90. The normalized spacial score (nSPS) is 21.4. The Kier molecular flexibility index (Phi) is 7.93. The minimum atomic E-state index is -5.46. The van der Waals surface area contributed by atoms with Gasteiger partial charge in [-0.3, -0.25) is 9.59 Å². The lowest BCUT2D eigenvalue weighted by Crippen LogP contribution is -2.43. The fourth-order valence-electron chi connectivity index (χ4n) is 4.68. The van der Waals surface area contributed by atoms with E-state index < -0.39 is 82.6 Å². The summed E-state index contributed by atoms with van der Waals surface area (Å²) in [5.74, 6) is -3.36. The van der Waals surface area contributed by atoms with Gasteiger partial charge in [-0.05, 0) is 42.3 Å². The van der Waals surface area contributed by atoms with E-state index in [1.165, 1.54) is 19.1 Å². The molecule has 1 N–H and O–H groups in total. The summed E-state index contributed by atoms with van der Waals surface area (Å²) in [6, 6.07) is 2.71. The molecule has 0 saturated carbocycles. The van der Waals surface area contributed by atoms with Crippen LogP contribution in [0.5, 0.6) is 0 Å². The molecular weight excluding hydrogens is 616 g/mol. The molecular formula is C25H18ClF10N3O3. The monoisotopic (exact) mass is 633 g/mol. The number of carbonyl (C=O) groups is 2. The molecule has 1 saturated heterocycles. The zero-order chi connectivity index (χ0) is 31.4. The van der Waals surface area contributed by atoms with Crippen LogP contribution in [0.25, 0.3) is 0 Å². The van der Waals surface area contributed by atoms with Crippen LogP contribution < -0.4 is 5.32 Å². The summed E-state index contributed by atoms with van der Waals surface area (Å²) in [4.78, 5) is 29.8. The van der Waals surface area contributed by atoms with Crippen molar-refractivity contribution in [3.8, 4) is 0 Å². The molecule has 0 bridgehead atoms. The first kappa shape index (κ1) is 31.4. The topological polar surface area (TPSA) is 71.0 Å². The van der Waals surface area contributed by atoms with Gasteiger partial charge >= 0.3 is 18.5 Å². The molecule has 2 aliphatic heterocycles. The number of likely N-dealkylation sites (tertiary alicyclic amines) is 1. The van der Waals surface area contributed by atoms with Crippen molar-refractivity contribution in [2.45, 2.75) is 49.9 Å². The molecule has 0 spiro atoms. The van der Waals surface area contributed by atoms with Crippen LogP contribution in [0.1, 0.15) is 45.5 Å². The van der Waals surface area contributed by atoms with Crippen molar-refractivity contribution in [3.05, 3.63) is 69.0 Å². The van der Waals surface area contributed by atoms with Gasteiger partial charge in [0.25, 0.3) is 11.5 Å². The second-order valence-electron chi connectivity index (χ2n) is 9.74. The van der Waals surface area contributed by atoms with Crippen molar-refractivity contribution in [2.75, 3.05) is 13.1 Å². The second-order valence-corrected chi connectivity index (χ2v) is 10.1. The molecule has 2 amide bonds. The number of hydrogen-bond acceptors (Lipinski definition) is 4. The van der Waals surface area contributed by atoms with Crippen LogP contribution in [-0.2, 0) is 21.4 Å². The van der Waals surface area contributed by atoms with Gasteiger partial charge in [-0.1, -0.05) is 22.8 Å². The van der Waals surface area contributed by atoms with E-state index >= 15 is 0 Å². The van der Waals surface area contributed by atoms with Gasteiger partial charge in [-0.2, -0.15) is 39.5 Å². The molecule has 0 aromatic heterocycles. The zero-order valence-corrected chi connectivity index (χ0v) is 21.8. The van der Waals surface area contributed by atoms with E-state index in [-0.39, 0.29) is 41.8 Å². The standard InChI is InChI=1S/C25H18ClF10N3O3/c1-11-4-12(2-3-15(11)21(41)37-14-7-19(40)39(9-14)10-23(28,29)30)18-8-22(42-38-18,25(34,35)36)16-5-13(24(31,32)33)6-17(26)20(16)27/h2-6,14H,7-10H2,1H3,(H,37,41)/t14-,22+/m0/s1. The molecule has 2 atom stereocenters. The maximum Gasteiger partial charge on any atom is 0.435 e. The third kappa shape index (κ3) is 6.13. The minimum Gasteiger partial charge on any atom is -0.374 e. The average Bonchev–Trinajstić information content (AvgIpc) is 3.43. The number of nitrogens with one attached hydrogen (secondary N) is 1. The van der Waals surface area contributed by atoms with Crippen molar-refractivity contribution in [2.24, 2.45) is 5.16 Å².